The first-order valence-electron chi connectivity index (χ1n) is 5.61. The Balaban J connectivity index is 1.93. The SMILES string of the molecule is C#CC1CCCN(Cc2ccccc2)C1. The Labute approximate surface area is 92.1 Å². The van der Waals surface area contributed by atoms with Gasteiger partial charge in [0.05, 0.1) is 0 Å². The maximum atomic E-state index is 5.48. The molecule has 1 atom stereocenters. The van der Waals surface area contributed by atoms with Gasteiger partial charge in [-0.2, -0.15) is 0 Å². The summed E-state index contributed by atoms with van der Waals surface area (Å²) in [6, 6.07) is 10.6. The van der Waals surface area contributed by atoms with Crippen LogP contribution in [0.1, 0.15) is 18.4 Å². The summed E-state index contributed by atoms with van der Waals surface area (Å²) in [5.41, 5.74) is 1.38. The van der Waals surface area contributed by atoms with E-state index in [1.165, 1.54) is 24.9 Å². The van der Waals surface area contributed by atoms with E-state index in [1.807, 2.05) is 0 Å². The number of likely N-dealkylation sites (tertiary alicyclic amines) is 1. The number of hydrogen-bond donors (Lipinski definition) is 0. The second-order valence-electron chi connectivity index (χ2n) is 4.23. The third-order valence-corrected chi connectivity index (χ3v) is 2.99. The maximum Gasteiger partial charge on any atom is 0.0328 e. The van der Waals surface area contributed by atoms with Crippen LogP contribution >= 0.6 is 0 Å². The largest absolute Gasteiger partial charge is 0.298 e. The number of terminal acetylenes is 1. The lowest BCUT2D eigenvalue weighted by Gasteiger charge is -2.30. The molecule has 1 heteroatoms. The van der Waals surface area contributed by atoms with Crippen LogP contribution in [-0.4, -0.2) is 18.0 Å². The third kappa shape index (κ3) is 2.84. The van der Waals surface area contributed by atoms with E-state index in [-0.39, 0.29) is 0 Å². The lowest BCUT2D eigenvalue weighted by molar-refractivity contribution is 0.193. The highest BCUT2D eigenvalue weighted by Crippen LogP contribution is 2.17. The van der Waals surface area contributed by atoms with E-state index in [4.69, 9.17) is 6.42 Å². The Morgan fingerprint density at radius 3 is 2.87 bits per heavy atom. The summed E-state index contributed by atoms with van der Waals surface area (Å²) in [6.45, 7) is 3.29. The molecule has 1 aromatic rings. The number of benzene rings is 1. The van der Waals surface area contributed by atoms with Crippen molar-refractivity contribution in [2.24, 2.45) is 5.92 Å². The van der Waals surface area contributed by atoms with Crippen molar-refractivity contribution in [3.8, 4) is 12.3 Å². The molecule has 1 aromatic carbocycles. The van der Waals surface area contributed by atoms with Gasteiger partial charge in [0.25, 0.3) is 0 Å². The molecule has 1 fully saturated rings. The summed E-state index contributed by atoms with van der Waals surface area (Å²) >= 11 is 0. The Bertz CT molecular complexity index is 336. The molecule has 1 aliphatic rings. The van der Waals surface area contributed by atoms with Crippen LogP contribution in [0.2, 0.25) is 0 Å². The van der Waals surface area contributed by atoms with E-state index in [1.54, 1.807) is 0 Å². The molecule has 1 nitrogen and oxygen atoms in total. The van der Waals surface area contributed by atoms with Gasteiger partial charge in [0, 0.05) is 19.0 Å². The van der Waals surface area contributed by atoms with Gasteiger partial charge in [0.15, 0.2) is 0 Å². The van der Waals surface area contributed by atoms with Gasteiger partial charge in [0.1, 0.15) is 0 Å². The first-order chi connectivity index (χ1) is 7.38. The van der Waals surface area contributed by atoms with E-state index in [2.05, 4.69) is 41.2 Å². The number of rotatable bonds is 2. The molecule has 1 saturated heterocycles. The van der Waals surface area contributed by atoms with E-state index < -0.39 is 0 Å². The zero-order valence-electron chi connectivity index (χ0n) is 9.02. The average Bonchev–Trinajstić information content (AvgIpc) is 2.31. The fraction of sp³-hybridized carbons (Fsp3) is 0.429. The molecule has 0 spiro atoms. The van der Waals surface area contributed by atoms with Crippen molar-refractivity contribution < 1.29 is 0 Å². The van der Waals surface area contributed by atoms with Gasteiger partial charge >= 0.3 is 0 Å². The molecule has 0 bridgehead atoms. The van der Waals surface area contributed by atoms with Crippen molar-refractivity contribution in [3.63, 3.8) is 0 Å². The van der Waals surface area contributed by atoms with Crippen LogP contribution in [-0.2, 0) is 6.54 Å². The average molecular weight is 199 g/mol. The standard InChI is InChI=1S/C14H17N/c1-2-13-9-6-10-15(11-13)12-14-7-4-3-5-8-14/h1,3-5,7-8,13H,6,9-12H2. The summed E-state index contributed by atoms with van der Waals surface area (Å²) < 4.78 is 0. The monoisotopic (exact) mass is 199 g/mol. The first kappa shape index (κ1) is 10.3. The van der Waals surface area contributed by atoms with Crippen LogP contribution in [0.15, 0.2) is 30.3 Å². The van der Waals surface area contributed by atoms with Crippen molar-refractivity contribution in [1.29, 1.82) is 0 Å². The fourth-order valence-electron chi connectivity index (χ4n) is 2.18. The highest BCUT2D eigenvalue weighted by Gasteiger charge is 2.17. The van der Waals surface area contributed by atoms with Crippen molar-refractivity contribution in [2.75, 3.05) is 13.1 Å². The Kier molecular flexibility index (Phi) is 3.42. The van der Waals surface area contributed by atoms with Gasteiger partial charge in [-0.3, -0.25) is 4.90 Å². The van der Waals surface area contributed by atoms with Crippen molar-refractivity contribution in [2.45, 2.75) is 19.4 Å². The van der Waals surface area contributed by atoms with Crippen molar-refractivity contribution >= 4 is 0 Å². The van der Waals surface area contributed by atoms with Gasteiger partial charge in [-0.25, -0.2) is 0 Å². The molecule has 1 aliphatic heterocycles. The zero-order valence-corrected chi connectivity index (χ0v) is 9.02. The molecule has 0 N–H and O–H groups in total. The number of piperidine rings is 1. The van der Waals surface area contributed by atoms with E-state index >= 15 is 0 Å². The highest BCUT2D eigenvalue weighted by atomic mass is 15.1. The van der Waals surface area contributed by atoms with Gasteiger partial charge < -0.3 is 0 Å². The quantitative estimate of drug-likeness (QED) is 0.662. The van der Waals surface area contributed by atoms with Crippen LogP contribution in [0.5, 0.6) is 0 Å². The number of nitrogens with zero attached hydrogens (tertiary/aromatic N) is 1. The molecule has 0 aromatic heterocycles. The molecular weight excluding hydrogens is 182 g/mol. The summed E-state index contributed by atoms with van der Waals surface area (Å²) in [5.74, 6) is 3.34. The molecule has 0 radical (unpaired) electrons. The molecular formula is C14H17N. The molecule has 0 aliphatic carbocycles. The summed E-state index contributed by atoms with van der Waals surface area (Å²) in [7, 11) is 0. The second-order valence-corrected chi connectivity index (χ2v) is 4.23. The lowest BCUT2D eigenvalue weighted by atomic mass is 9.98. The van der Waals surface area contributed by atoms with Crippen LogP contribution in [0, 0.1) is 18.3 Å². The Morgan fingerprint density at radius 2 is 2.13 bits per heavy atom. The normalized spacial score (nSPS) is 22.2. The van der Waals surface area contributed by atoms with Crippen LogP contribution in [0.3, 0.4) is 0 Å². The minimum atomic E-state index is 0.461. The van der Waals surface area contributed by atoms with Crippen LogP contribution < -0.4 is 0 Å². The summed E-state index contributed by atoms with van der Waals surface area (Å²) in [5, 5.41) is 0. The van der Waals surface area contributed by atoms with Gasteiger partial charge in [-0.05, 0) is 24.9 Å². The minimum Gasteiger partial charge on any atom is -0.298 e. The highest BCUT2D eigenvalue weighted by molar-refractivity contribution is 5.14. The van der Waals surface area contributed by atoms with E-state index in [9.17, 15) is 0 Å². The van der Waals surface area contributed by atoms with Crippen molar-refractivity contribution in [3.05, 3.63) is 35.9 Å². The molecule has 1 heterocycles. The maximum absolute atomic E-state index is 5.48. The van der Waals surface area contributed by atoms with E-state index in [0.29, 0.717) is 5.92 Å². The van der Waals surface area contributed by atoms with Gasteiger partial charge in [-0.1, -0.05) is 30.3 Å². The summed E-state index contributed by atoms with van der Waals surface area (Å²) in [6.07, 6.45) is 7.92. The fourth-order valence-corrected chi connectivity index (χ4v) is 2.18. The Morgan fingerprint density at radius 1 is 1.33 bits per heavy atom. The van der Waals surface area contributed by atoms with Gasteiger partial charge in [0.2, 0.25) is 0 Å². The topological polar surface area (TPSA) is 3.24 Å². The molecule has 2 rings (SSSR count). The lowest BCUT2D eigenvalue weighted by Crippen LogP contribution is -2.34. The van der Waals surface area contributed by atoms with Crippen LogP contribution in [0.25, 0.3) is 0 Å². The molecule has 15 heavy (non-hydrogen) atoms. The zero-order chi connectivity index (χ0) is 10.5. The third-order valence-electron chi connectivity index (χ3n) is 2.99. The molecule has 0 saturated carbocycles. The molecule has 78 valence electrons. The van der Waals surface area contributed by atoms with E-state index in [0.717, 1.165) is 13.1 Å². The van der Waals surface area contributed by atoms with Gasteiger partial charge in [-0.15, -0.1) is 12.3 Å². The predicted octanol–water partition coefficient (Wildman–Crippen LogP) is 2.53. The summed E-state index contributed by atoms with van der Waals surface area (Å²) in [4.78, 5) is 2.46. The minimum absolute atomic E-state index is 0.461. The molecule has 0 amide bonds. The first-order valence-corrected chi connectivity index (χ1v) is 5.61. The van der Waals surface area contributed by atoms with Crippen molar-refractivity contribution in [1.82, 2.24) is 4.90 Å². The smallest absolute Gasteiger partial charge is 0.0328 e. The number of hydrogen-bond acceptors (Lipinski definition) is 1. The van der Waals surface area contributed by atoms with Crippen LogP contribution in [0.4, 0.5) is 0 Å². The Hall–Kier alpha value is -1.26. The molecule has 1 unspecified atom stereocenters. The predicted molar refractivity (Wildman–Crippen MR) is 63.3 cm³/mol. The second kappa shape index (κ2) is 5.00.